The molecule has 0 aliphatic heterocycles. The Labute approximate surface area is 131 Å². The lowest BCUT2D eigenvalue weighted by Crippen LogP contribution is -2.30. The Morgan fingerprint density at radius 2 is 1.74 bits per heavy atom. The van der Waals surface area contributed by atoms with Crippen molar-refractivity contribution in [2.24, 2.45) is 5.73 Å². The third kappa shape index (κ3) is 4.26. The van der Waals surface area contributed by atoms with Gasteiger partial charge in [-0.05, 0) is 43.3 Å². The van der Waals surface area contributed by atoms with Gasteiger partial charge in [-0.2, -0.15) is 0 Å². The van der Waals surface area contributed by atoms with E-state index in [4.69, 9.17) is 10.5 Å². The predicted molar refractivity (Wildman–Crippen MR) is 80.0 cm³/mol. The van der Waals surface area contributed by atoms with Gasteiger partial charge >= 0.3 is 0 Å². The molecule has 0 radical (unpaired) electrons. The molecular weight excluding hydrogens is 306 g/mol. The second kappa shape index (κ2) is 6.87. The molecular formula is C16H14F2N2O3. The number of anilines is 1. The highest BCUT2D eigenvalue weighted by molar-refractivity contribution is 5.96. The van der Waals surface area contributed by atoms with Crippen LogP contribution in [0.4, 0.5) is 14.5 Å². The number of carbonyl (C=O) groups excluding carboxylic acids is 2. The van der Waals surface area contributed by atoms with E-state index < -0.39 is 29.6 Å². The maximum atomic E-state index is 13.1. The van der Waals surface area contributed by atoms with Crippen LogP contribution in [0.25, 0.3) is 0 Å². The summed E-state index contributed by atoms with van der Waals surface area (Å²) in [6, 6.07) is 8.98. The average molecular weight is 320 g/mol. The van der Waals surface area contributed by atoms with Crippen LogP contribution in [-0.2, 0) is 4.79 Å². The second-order valence-electron chi connectivity index (χ2n) is 4.77. The van der Waals surface area contributed by atoms with Crippen molar-refractivity contribution < 1.29 is 23.1 Å². The first-order valence-corrected chi connectivity index (χ1v) is 6.69. The Bertz CT molecular complexity index is 733. The second-order valence-corrected chi connectivity index (χ2v) is 4.77. The SMILES string of the molecule is CC(Oc1ccc(F)c(F)c1)C(=O)Nc1ccc(C(N)=O)cc1. The maximum Gasteiger partial charge on any atom is 0.265 e. The largest absolute Gasteiger partial charge is 0.481 e. The van der Waals surface area contributed by atoms with E-state index in [2.05, 4.69) is 5.32 Å². The van der Waals surface area contributed by atoms with E-state index in [1.807, 2.05) is 0 Å². The van der Waals surface area contributed by atoms with Crippen LogP contribution >= 0.6 is 0 Å². The zero-order chi connectivity index (χ0) is 17.0. The van der Waals surface area contributed by atoms with Crippen LogP contribution in [0, 0.1) is 11.6 Å². The van der Waals surface area contributed by atoms with E-state index in [1.165, 1.54) is 37.3 Å². The lowest BCUT2D eigenvalue weighted by atomic mass is 10.2. The average Bonchev–Trinajstić information content (AvgIpc) is 2.51. The topological polar surface area (TPSA) is 81.4 Å². The number of carbonyl (C=O) groups is 2. The normalized spacial score (nSPS) is 11.6. The molecule has 7 heteroatoms. The zero-order valence-corrected chi connectivity index (χ0v) is 12.2. The number of rotatable bonds is 5. The molecule has 0 saturated carbocycles. The first kappa shape index (κ1) is 16.4. The van der Waals surface area contributed by atoms with Crippen LogP contribution in [0.15, 0.2) is 42.5 Å². The van der Waals surface area contributed by atoms with Crippen molar-refractivity contribution in [3.63, 3.8) is 0 Å². The van der Waals surface area contributed by atoms with Gasteiger partial charge in [-0.3, -0.25) is 9.59 Å². The van der Waals surface area contributed by atoms with Gasteiger partial charge in [-0.25, -0.2) is 8.78 Å². The number of primary amides is 1. The highest BCUT2D eigenvalue weighted by Crippen LogP contribution is 2.17. The lowest BCUT2D eigenvalue weighted by Gasteiger charge is -2.15. The zero-order valence-electron chi connectivity index (χ0n) is 12.2. The van der Waals surface area contributed by atoms with Gasteiger partial charge in [0.1, 0.15) is 5.75 Å². The molecule has 5 nitrogen and oxygen atoms in total. The van der Waals surface area contributed by atoms with Gasteiger partial charge < -0.3 is 15.8 Å². The monoisotopic (exact) mass is 320 g/mol. The van der Waals surface area contributed by atoms with Gasteiger partial charge in [0.25, 0.3) is 5.91 Å². The quantitative estimate of drug-likeness (QED) is 0.888. The number of nitrogens with two attached hydrogens (primary N) is 1. The summed E-state index contributed by atoms with van der Waals surface area (Å²) in [5.41, 5.74) is 5.88. The molecule has 0 saturated heterocycles. The molecule has 2 amide bonds. The summed E-state index contributed by atoms with van der Waals surface area (Å²) in [6.07, 6.45) is -0.935. The molecule has 2 rings (SSSR count). The Kier molecular flexibility index (Phi) is 4.90. The molecule has 0 spiro atoms. The van der Waals surface area contributed by atoms with E-state index in [1.54, 1.807) is 0 Å². The maximum absolute atomic E-state index is 13.1. The van der Waals surface area contributed by atoms with Crippen molar-refractivity contribution in [1.29, 1.82) is 0 Å². The minimum atomic E-state index is -1.06. The van der Waals surface area contributed by atoms with Crippen LogP contribution in [0.1, 0.15) is 17.3 Å². The van der Waals surface area contributed by atoms with Crippen LogP contribution in [0.3, 0.4) is 0 Å². The van der Waals surface area contributed by atoms with Gasteiger partial charge in [0.2, 0.25) is 5.91 Å². The standard InChI is InChI=1S/C16H14F2N2O3/c1-9(23-12-6-7-13(17)14(18)8-12)16(22)20-11-4-2-10(3-5-11)15(19)21/h2-9H,1H3,(H2,19,21)(H,20,22). The van der Waals surface area contributed by atoms with Crippen molar-refractivity contribution in [2.45, 2.75) is 13.0 Å². The van der Waals surface area contributed by atoms with Crippen LogP contribution in [-0.4, -0.2) is 17.9 Å². The molecule has 0 heterocycles. The summed E-state index contributed by atoms with van der Waals surface area (Å²) in [6.45, 7) is 1.47. The first-order chi connectivity index (χ1) is 10.9. The molecule has 2 aromatic rings. The van der Waals surface area contributed by atoms with E-state index in [0.29, 0.717) is 11.3 Å². The number of hydrogen-bond donors (Lipinski definition) is 2. The minimum absolute atomic E-state index is 0.0376. The summed E-state index contributed by atoms with van der Waals surface area (Å²) in [4.78, 5) is 22.9. The summed E-state index contributed by atoms with van der Waals surface area (Å²) >= 11 is 0. The number of benzene rings is 2. The number of nitrogens with one attached hydrogen (secondary N) is 1. The van der Waals surface area contributed by atoms with Crippen molar-refractivity contribution in [3.05, 3.63) is 59.7 Å². The summed E-state index contributed by atoms with van der Waals surface area (Å²) in [5, 5.41) is 2.57. The highest BCUT2D eigenvalue weighted by atomic mass is 19.2. The number of hydrogen-bond acceptors (Lipinski definition) is 3. The van der Waals surface area contributed by atoms with Gasteiger partial charge in [0, 0.05) is 17.3 Å². The van der Waals surface area contributed by atoms with E-state index >= 15 is 0 Å². The molecule has 0 aliphatic rings. The molecule has 0 aliphatic carbocycles. The fourth-order valence-corrected chi connectivity index (χ4v) is 1.77. The molecule has 1 atom stereocenters. The van der Waals surface area contributed by atoms with Gasteiger partial charge in [0.05, 0.1) is 0 Å². The summed E-state index contributed by atoms with van der Waals surface area (Å²) in [7, 11) is 0. The fourth-order valence-electron chi connectivity index (χ4n) is 1.77. The molecule has 23 heavy (non-hydrogen) atoms. The van der Waals surface area contributed by atoms with E-state index in [0.717, 1.165) is 12.1 Å². The Morgan fingerprint density at radius 3 is 2.30 bits per heavy atom. The van der Waals surface area contributed by atoms with Gasteiger partial charge in [-0.1, -0.05) is 0 Å². The third-order valence-electron chi connectivity index (χ3n) is 3.01. The fraction of sp³-hybridized carbons (Fsp3) is 0.125. The van der Waals surface area contributed by atoms with Crippen molar-refractivity contribution in [2.75, 3.05) is 5.32 Å². The lowest BCUT2D eigenvalue weighted by molar-refractivity contribution is -0.122. The van der Waals surface area contributed by atoms with E-state index in [-0.39, 0.29) is 5.75 Å². The number of halogens is 2. The van der Waals surface area contributed by atoms with Crippen LogP contribution < -0.4 is 15.8 Å². The molecule has 0 aromatic heterocycles. The highest BCUT2D eigenvalue weighted by Gasteiger charge is 2.16. The Hall–Kier alpha value is -2.96. The van der Waals surface area contributed by atoms with Crippen molar-refractivity contribution in [1.82, 2.24) is 0 Å². The molecule has 3 N–H and O–H groups in total. The van der Waals surface area contributed by atoms with Gasteiger partial charge in [-0.15, -0.1) is 0 Å². The molecule has 2 aromatic carbocycles. The Morgan fingerprint density at radius 1 is 1.09 bits per heavy atom. The van der Waals surface area contributed by atoms with Crippen LogP contribution in [0.2, 0.25) is 0 Å². The predicted octanol–water partition coefficient (Wildman–Crippen LogP) is 2.47. The number of amides is 2. The molecule has 0 fully saturated rings. The molecule has 1 unspecified atom stereocenters. The third-order valence-corrected chi connectivity index (χ3v) is 3.01. The molecule has 120 valence electrons. The van der Waals surface area contributed by atoms with Crippen LogP contribution in [0.5, 0.6) is 5.75 Å². The van der Waals surface area contributed by atoms with Crippen molar-refractivity contribution >= 4 is 17.5 Å². The molecule has 0 bridgehead atoms. The first-order valence-electron chi connectivity index (χ1n) is 6.69. The number of ether oxygens (including phenoxy) is 1. The summed E-state index contributed by atoms with van der Waals surface area (Å²) < 4.78 is 31.2. The minimum Gasteiger partial charge on any atom is -0.481 e. The summed E-state index contributed by atoms with van der Waals surface area (Å²) in [5.74, 6) is -3.07. The van der Waals surface area contributed by atoms with Gasteiger partial charge in [0.15, 0.2) is 17.7 Å². The van der Waals surface area contributed by atoms with Crippen molar-refractivity contribution in [3.8, 4) is 5.75 Å². The van der Waals surface area contributed by atoms with E-state index in [9.17, 15) is 18.4 Å². The Balaban J connectivity index is 1.99. The smallest absolute Gasteiger partial charge is 0.265 e.